The SMILES string of the molecule is CCCn1cc(Br)cc1C(=O)NCC1(O)CCOCC1. The Labute approximate surface area is 127 Å². The van der Waals surface area contributed by atoms with Gasteiger partial charge >= 0.3 is 0 Å². The smallest absolute Gasteiger partial charge is 0.268 e. The van der Waals surface area contributed by atoms with Crippen LogP contribution in [-0.2, 0) is 11.3 Å². The van der Waals surface area contributed by atoms with E-state index in [0.29, 0.717) is 31.7 Å². The van der Waals surface area contributed by atoms with Crippen LogP contribution in [0.5, 0.6) is 0 Å². The summed E-state index contributed by atoms with van der Waals surface area (Å²) in [6, 6.07) is 1.80. The first-order valence-electron chi connectivity index (χ1n) is 6.98. The van der Waals surface area contributed by atoms with Crippen LogP contribution in [0.2, 0.25) is 0 Å². The van der Waals surface area contributed by atoms with Crippen molar-refractivity contribution >= 4 is 21.8 Å². The molecule has 0 aromatic carbocycles. The second kappa shape index (κ2) is 6.74. The summed E-state index contributed by atoms with van der Waals surface area (Å²) in [7, 11) is 0. The predicted molar refractivity (Wildman–Crippen MR) is 79.8 cm³/mol. The molecule has 1 fully saturated rings. The Balaban J connectivity index is 1.97. The Kier molecular flexibility index (Phi) is 5.23. The lowest BCUT2D eigenvalue weighted by atomic mass is 9.94. The van der Waals surface area contributed by atoms with Gasteiger partial charge in [0.15, 0.2) is 0 Å². The molecule has 1 aromatic heterocycles. The molecule has 6 heteroatoms. The fourth-order valence-electron chi connectivity index (χ4n) is 2.35. The van der Waals surface area contributed by atoms with Gasteiger partial charge in [0.05, 0.1) is 5.60 Å². The monoisotopic (exact) mass is 344 g/mol. The molecule has 0 bridgehead atoms. The van der Waals surface area contributed by atoms with Gasteiger partial charge in [-0.25, -0.2) is 0 Å². The van der Waals surface area contributed by atoms with E-state index in [2.05, 4.69) is 28.2 Å². The summed E-state index contributed by atoms with van der Waals surface area (Å²) in [4.78, 5) is 12.2. The molecule has 0 aliphatic carbocycles. The summed E-state index contributed by atoms with van der Waals surface area (Å²) < 4.78 is 8.04. The number of hydrogen-bond acceptors (Lipinski definition) is 3. The van der Waals surface area contributed by atoms with Crippen LogP contribution in [0.3, 0.4) is 0 Å². The van der Waals surface area contributed by atoms with Gasteiger partial charge in [-0.3, -0.25) is 4.79 Å². The summed E-state index contributed by atoms with van der Waals surface area (Å²) in [6.45, 7) is 4.23. The molecule has 20 heavy (non-hydrogen) atoms. The van der Waals surface area contributed by atoms with Crippen molar-refractivity contribution in [2.24, 2.45) is 0 Å². The number of aryl methyl sites for hydroxylation is 1. The lowest BCUT2D eigenvalue weighted by Crippen LogP contribution is -2.46. The molecule has 2 rings (SSSR count). The topological polar surface area (TPSA) is 63.5 Å². The van der Waals surface area contributed by atoms with Crippen molar-refractivity contribution in [1.82, 2.24) is 9.88 Å². The molecule has 1 aliphatic rings. The third-order valence-electron chi connectivity index (χ3n) is 3.56. The third-order valence-corrected chi connectivity index (χ3v) is 4.00. The number of nitrogens with one attached hydrogen (secondary N) is 1. The molecule has 0 saturated carbocycles. The largest absolute Gasteiger partial charge is 0.388 e. The van der Waals surface area contributed by atoms with Crippen molar-refractivity contribution in [3.8, 4) is 0 Å². The summed E-state index contributed by atoms with van der Waals surface area (Å²) in [5.74, 6) is -0.149. The van der Waals surface area contributed by atoms with Crippen molar-refractivity contribution in [3.05, 3.63) is 22.4 Å². The van der Waals surface area contributed by atoms with Gasteiger partial charge in [0.2, 0.25) is 0 Å². The molecule has 2 N–H and O–H groups in total. The highest BCUT2D eigenvalue weighted by Crippen LogP contribution is 2.20. The molecule has 5 nitrogen and oxygen atoms in total. The summed E-state index contributed by atoms with van der Waals surface area (Å²) in [6.07, 6.45) is 3.99. The Morgan fingerprint density at radius 1 is 1.55 bits per heavy atom. The van der Waals surface area contributed by atoms with E-state index in [9.17, 15) is 9.90 Å². The molecule has 0 unspecified atom stereocenters. The zero-order valence-corrected chi connectivity index (χ0v) is 13.3. The van der Waals surface area contributed by atoms with Gasteiger partial charge in [-0.2, -0.15) is 0 Å². The van der Waals surface area contributed by atoms with E-state index in [4.69, 9.17) is 4.74 Å². The fraction of sp³-hybridized carbons (Fsp3) is 0.643. The van der Waals surface area contributed by atoms with E-state index >= 15 is 0 Å². The van der Waals surface area contributed by atoms with Gasteiger partial charge in [-0.15, -0.1) is 0 Å². The molecular formula is C14H21BrN2O3. The minimum absolute atomic E-state index is 0.149. The number of rotatable bonds is 5. The Morgan fingerprint density at radius 3 is 2.90 bits per heavy atom. The van der Waals surface area contributed by atoms with Crippen LogP contribution in [0.25, 0.3) is 0 Å². The Hall–Kier alpha value is -0.850. The third kappa shape index (κ3) is 3.84. The van der Waals surface area contributed by atoms with Crippen LogP contribution >= 0.6 is 15.9 Å². The molecule has 1 saturated heterocycles. The zero-order valence-electron chi connectivity index (χ0n) is 11.7. The molecule has 2 heterocycles. The van der Waals surface area contributed by atoms with Gasteiger partial charge in [-0.1, -0.05) is 6.92 Å². The maximum Gasteiger partial charge on any atom is 0.268 e. The van der Waals surface area contributed by atoms with E-state index in [0.717, 1.165) is 17.4 Å². The van der Waals surface area contributed by atoms with Crippen LogP contribution in [-0.4, -0.2) is 40.9 Å². The summed E-state index contributed by atoms with van der Waals surface area (Å²) >= 11 is 3.39. The van der Waals surface area contributed by atoms with Gasteiger partial charge in [0.1, 0.15) is 5.69 Å². The lowest BCUT2D eigenvalue weighted by molar-refractivity contribution is -0.0605. The molecule has 0 atom stereocenters. The van der Waals surface area contributed by atoms with Gasteiger partial charge in [0, 0.05) is 49.8 Å². The number of ether oxygens (including phenoxy) is 1. The van der Waals surface area contributed by atoms with E-state index in [-0.39, 0.29) is 12.5 Å². The minimum Gasteiger partial charge on any atom is -0.388 e. The molecule has 1 amide bonds. The number of carbonyl (C=O) groups is 1. The van der Waals surface area contributed by atoms with Crippen molar-refractivity contribution in [2.75, 3.05) is 19.8 Å². The van der Waals surface area contributed by atoms with Crippen molar-refractivity contribution in [1.29, 1.82) is 0 Å². The van der Waals surface area contributed by atoms with E-state index < -0.39 is 5.60 Å². The molecule has 112 valence electrons. The van der Waals surface area contributed by atoms with Crippen LogP contribution in [0, 0.1) is 0 Å². The highest BCUT2D eigenvalue weighted by molar-refractivity contribution is 9.10. The highest BCUT2D eigenvalue weighted by Gasteiger charge is 2.30. The van der Waals surface area contributed by atoms with Crippen LogP contribution < -0.4 is 5.32 Å². The number of hydrogen-bond donors (Lipinski definition) is 2. The van der Waals surface area contributed by atoms with Gasteiger partial charge in [0.25, 0.3) is 5.91 Å². The first-order valence-corrected chi connectivity index (χ1v) is 7.77. The number of aromatic nitrogens is 1. The number of nitrogens with zero attached hydrogens (tertiary/aromatic N) is 1. The number of aliphatic hydroxyl groups is 1. The van der Waals surface area contributed by atoms with Crippen LogP contribution in [0.15, 0.2) is 16.7 Å². The molecule has 1 aromatic rings. The van der Waals surface area contributed by atoms with Crippen molar-refractivity contribution in [3.63, 3.8) is 0 Å². The number of carbonyl (C=O) groups excluding carboxylic acids is 1. The first-order chi connectivity index (χ1) is 9.54. The molecule has 0 radical (unpaired) electrons. The Bertz CT molecular complexity index is 467. The zero-order chi connectivity index (χ0) is 14.6. The maximum absolute atomic E-state index is 12.2. The molecule has 0 spiro atoms. The highest BCUT2D eigenvalue weighted by atomic mass is 79.9. The molecule has 1 aliphatic heterocycles. The first kappa shape index (κ1) is 15.5. The summed E-state index contributed by atoms with van der Waals surface area (Å²) in [5.41, 5.74) is -0.220. The molecular weight excluding hydrogens is 324 g/mol. The quantitative estimate of drug-likeness (QED) is 0.857. The number of amides is 1. The predicted octanol–water partition coefficient (Wildman–Crippen LogP) is 1.93. The van der Waals surface area contributed by atoms with Crippen LogP contribution in [0.1, 0.15) is 36.7 Å². The average molecular weight is 345 g/mol. The van der Waals surface area contributed by atoms with E-state index in [1.165, 1.54) is 0 Å². The minimum atomic E-state index is -0.840. The van der Waals surface area contributed by atoms with E-state index in [1.807, 2.05) is 10.8 Å². The van der Waals surface area contributed by atoms with Gasteiger partial charge in [-0.05, 0) is 28.4 Å². The number of halogens is 1. The van der Waals surface area contributed by atoms with Gasteiger partial charge < -0.3 is 19.7 Å². The Morgan fingerprint density at radius 2 is 2.25 bits per heavy atom. The maximum atomic E-state index is 12.2. The lowest BCUT2D eigenvalue weighted by Gasteiger charge is -2.32. The van der Waals surface area contributed by atoms with E-state index in [1.54, 1.807) is 6.07 Å². The standard InChI is InChI=1S/C14H21BrN2O3/c1-2-5-17-9-11(15)8-12(17)13(18)16-10-14(19)3-6-20-7-4-14/h8-9,19H,2-7,10H2,1H3,(H,16,18). The average Bonchev–Trinajstić information content (AvgIpc) is 2.79. The van der Waals surface area contributed by atoms with Crippen molar-refractivity contribution < 1.29 is 14.6 Å². The fourth-order valence-corrected chi connectivity index (χ4v) is 2.82. The van der Waals surface area contributed by atoms with Crippen molar-refractivity contribution in [2.45, 2.75) is 38.3 Å². The van der Waals surface area contributed by atoms with Crippen LogP contribution in [0.4, 0.5) is 0 Å². The normalized spacial score (nSPS) is 17.9. The second-order valence-corrected chi connectivity index (χ2v) is 6.17. The summed E-state index contributed by atoms with van der Waals surface area (Å²) in [5, 5.41) is 13.2. The second-order valence-electron chi connectivity index (χ2n) is 5.26.